The zero-order chi connectivity index (χ0) is 36.3. The molecule has 0 bridgehead atoms. The maximum Gasteiger partial charge on any atom is 0.315 e. The average molecular weight is 683 g/mol. The molecule has 6 atom stereocenters. The van der Waals surface area contributed by atoms with E-state index in [9.17, 15) is 32.4 Å². The van der Waals surface area contributed by atoms with Gasteiger partial charge in [-0.15, -0.1) is 6.58 Å². The second kappa shape index (κ2) is 15.0. The maximum atomic E-state index is 14.3. The minimum Gasteiger partial charge on any atom is -0.346 e. The molecule has 4 N–H and O–H groups in total. The first-order valence-electron chi connectivity index (χ1n) is 16.5. The Kier molecular flexibility index (Phi) is 12.9. The summed E-state index contributed by atoms with van der Waals surface area (Å²) in [5.41, 5.74) is -1.49. The zero-order valence-electron chi connectivity index (χ0n) is 30.2. The van der Waals surface area contributed by atoms with Crippen molar-refractivity contribution in [3.8, 4) is 0 Å². The summed E-state index contributed by atoms with van der Waals surface area (Å²) in [7, 11) is -3.51. The Bertz CT molecular complexity index is 1320. The Balaban J connectivity index is 2.34. The van der Waals surface area contributed by atoms with Gasteiger partial charge in [0.15, 0.2) is 0 Å². The molecule has 1 aliphatic carbocycles. The molecule has 1 unspecified atom stereocenters. The number of ketones is 1. The van der Waals surface area contributed by atoms with E-state index >= 15 is 0 Å². The molecule has 0 spiro atoms. The number of rotatable bonds is 15. The van der Waals surface area contributed by atoms with Gasteiger partial charge in [-0.1, -0.05) is 81.7 Å². The summed E-state index contributed by atoms with van der Waals surface area (Å²) in [6, 6.07) is -4.19. The van der Waals surface area contributed by atoms with Crippen LogP contribution in [0.5, 0.6) is 0 Å². The zero-order valence-corrected chi connectivity index (χ0v) is 31.0. The number of hydrogen-bond donors (Lipinski definition) is 4. The highest BCUT2D eigenvalue weighted by molar-refractivity contribution is 7.88. The van der Waals surface area contributed by atoms with E-state index in [1.807, 2.05) is 62.3 Å². The van der Waals surface area contributed by atoms with Crippen molar-refractivity contribution < 1.29 is 32.4 Å². The lowest BCUT2D eigenvalue weighted by Gasteiger charge is -2.39. The molecule has 2 aliphatic rings. The minimum absolute atomic E-state index is 0.0501. The van der Waals surface area contributed by atoms with E-state index in [1.165, 1.54) is 15.3 Å². The molecule has 2 rings (SSSR count). The molecule has 1 saturated carbocycles. The molecule has 1 heterocycles. The molecule has 5 amide bonds. The molecule has 47 heavy (non-hydrogen) atoms. The molecule has 1 saturated heterocycles. The Morgan fingerprint density at radius 2 is 1.60 bits per heavy atom. The average Bonchev–Trinajstić information content (AvgIpc) is 3.26. The summed E-state index contributed by atoms with van der Waals surface area (Å²) >= 11 is 0. The third-order valence-corrected chi connectivity index (χ3v) is 10.9. The van der Waals surface area contributed by atoms with Crippen molar-refractivity contribution in [1.29, 1.82) is 0 Å². The molecule has 268 valence electrons. The molecular formula is C33H58N6O7S. The summed E-state index contributed by atoms with van der Waals surface area (Å²) in [5.74, 6) is -2.63. The molecule has 2 fully saturated rings. The fourth-order valence-electron chi connectivity index (χ4n) is 6.42. The Morgan fingerprint density at radius 1 is 1.00 bits per heavy atom. The Hall–Kier alpha value is -3.00. The number of fused-ring (bicyclic) bond motifs is 1. The first-order valence-corrected chi connectivity index (χ1v) is 18.3. The fraction of sp³-hybridized carbons (Fsp3) is 0.788. The van der Waals surface area contributed by atoms with Crippen LogP contribution in [-0.2, 0) is 29.2 Å². The van der Waals surface area contributed by atoms with E-state index in [1.54, 1.807) is 6.92 Å². The molecule has 0 radical (unpaired) electrons. The van der Waals surface area contributed by atoms with Crippen molar-refractivity contribution in [3.05, 3.63) is 12.7 Å². The number of Topliss-reactive ketones (excluding diaryl/α,β-unsaturated/α-hetero) is 1. The Morgan fingerprint density at radius 3 is 2.06 bits per heavy atom. The van der Waals surface area contributed by atoms with Gasteiger partial charge in [0, 0.05) is 32.2 Å². The predicted octanol–water partition coefficient (Wildman–Crippen LogP) is 2.04. The number of likely N-dealkylation sites (N-methyl/N-ethyl adjacent to an activating group) is 1. The third-order valence-electron chi connectivity index (χ3n) is 9.55. The minimum atomic E-state index is -3.51. The van der Waals surface area contributed by atoms with Crippen molar-refractivity contribution >= 4 is 39.6 Å². The van der Waals surface area contributed by atoms with Gasteiger partial charge in [-0.05, 0) is 34.5 Å². The van der Waals surface area contributed by atoms with Crippen LogP contribution in [0.15, 0.2) is 12.7 Å². The summed E-state index contributed by atoms with van der Waals surface area (Å²) in [6.45, 7) is 23.0. The maximum absolute atomic E-state index is 14.3. The number of nitrogens with one attached hydrogen (secondary N) is 4. The highest BCUT2D eigenvalue weighted by atomic mass is 32.2. The molecule has 0 aromatic carbocycles. The van der Waals surface area contributed by atoms with Gasteiger partial charge in [0.2, 0.25) is 27.6 Å². The van der Waals surface area contributed by atoms with Crippen molar-refractivity contribution in [2.75, 3.05) is 32.4 Å². The van der Waals surface area contributed by atoms with Gasteiger partial charge >= 0.3 is 6.03 Å². The SMILES string of the molecule is C=CCNC(=O)C(=O)C(CCC)NC(=O)[C@@H]1[C@@H]2[C@H](CN1C(=O)[C@@H](NC(=O)N[C@H](CN(CC)S(C)(=O)=O)C(C)(C)C)C(C)(C)C)C2(C)C. The lowest BCUT2D eigenvalue weighted by atomic mass is 9.85. The number of nitrogens with zero attached hydrogens (tertiary/aromatic N) is 2. The van der Waals surface area contributed by atoms with E-state index in [0.717, 1.165) is 6.26 Å². The van der Waals surface area contributed by atoms with Gasteiger partial charge in [-0.2, -0.15) is 0 Å². The van der Waals surface area contributed by atoms with Crippen molar-refractivity contribution in [2.24, 2.45) is 28.1 Å². The molecule has 1 aliphatic heterocycles. The highest BCUT2D eigenvalue weighted by Crippen LogP contribution is 2.65. The fourth-order valence-corrected chi connectivity index (χ4v) is 7.31. The van der Waals surface area contributed by atoms with Crippen LogP contribution < -0.4 is 21.3 Å². The van der Waals surface area contributed by atoms with Crippen LogP contribution in [0.1, 0.15) is 82.1 Å². The quantitative estimate of drug-likeness (QED) is 0.151. The van der Waals surface area contributed by atoms with E-state index < -0.39 is 74.6 Å². The third kappa shape index (κ3) is 9.77. The molecule has 13 nitrogen and oxygen atoms in total. The summed E-state index contributed by atoms with van der Waals surface area (Å²) < 4.78 is 25.9. The summed E-state index contributed by atoms with van der Waals surface area (Å²) in [6.07, 6.45) is 3.36. The van der Waals surface area contributed by atoms with Crippen LogP contribution in [0, 0.1) is 28.1 Å². The summed E-state index contributed by atoms with van der Waals surface area (Å²) in [5, 5.41) is 11.0. The number of amides is 5. The van der Waals surface area contributed by atoms with Crippen LogP contribution in [0.3, 0.4) is 0 Å². The molecule has 0 aromatic rings. The number of sulfonamides is 1. The first kappa shape index (κ1) is 40.2. The van der Waals surface area contributed by atoms with Crippen LogP contribution in [0.2, 0.25) is 0 Å². The second-order valence-electron chi connectivity index (χ2n) is 15.7. The number of hydrogen-bond acceptors (Lipinski definition) is 7. The van der Waals surface area contributed by atoms with E-state index in [2.05, 4.69) is 27.8 Å². The van der Waals surface area contributed by atoms with Crippen LogP contribution in [0.4, 0.5) is 4.79 Å². The number of carbonyl (C=O) groups excluding carboxylic acids is 5. The standard InChI is InChI=1S/C33H58N6O7S/c1-13-16-21(25(40)28(42)34-17-14-2)35-27(41)24-23-20(33(23,10)11)18-39(24)29(43)26(32(7,8)9)37-30(44)36-22(31(4,5)6)19-38(15-3)47(12,45)46/h14,20-24,26H,2,13,15-19H2,1,3-12H3,(H,34,42)(H,35,41)(H2,36,37,44)/t20-,21?,22+,23-,24-,26+/m0/s1. The van der Waals surface area contributed by atoms with E-state index in [-0.39, 0.29) is 43.3 Å². The van der Waals surface area contributed by atoms with Gasteiger partial charge in [-0.25, -0.2) is 17.5 Å². The van der Waals surface area contributed by atoms with E-state index in [4.69, 9.17) is 0 Å². The number of piperidine rings is 1. The highest BCUT2D eigenvalue weighted by Gasteiger charge is 2.70. The van der Waals surface area contributed by atoms with Gasteiger partial charge in [0.05, 0.1) is 12.3 Å². The van der Waals surface area contributed by atoms with Gasteiger partial charge in [0.25, 0.3) is 5.91 Å². The lowest BCUT2D eigenvalue weighted by Crippen LogP contribution is -2.62. The largest absolute Gasteiger partial charge is 0.346 e. The van der Waals surface area contributed by atoms with Crippen LogP contribution in [-0.4, -0.2) is 104 Å². The monoisotopic (exact) mass is 682 g/mol. The van der Waals surface area contributed by atoms with Gasteiger partial charge in [-0.3, -0.25) is 19.2 Å². The number of likely N-dealkylation sites (tertiary alicyclic amines) is 1. The van der Waals surface area contributed by atoms with Crippen molar-refractivity contribution in [2.45, 2.75) is 106 Å². The van der Waals surface area contributed by atoms with E-state index in [0.29, 0.717) is 13.0 Å². The van der Waals surface area contributed by atoms with Gasteiger partial charge in [0.1, 0.15) is 12.1 Å². The first-order chi connectivity index (χ1) is 21.4. The smallest absolute Gasteiger partial charge is 0.315 e. The topological polar surface area (TPSA) is 174 Å². The van der Waals surface area contributed by atoms with Crippen LogP contribution in [0.25, 0.3) is 0 Å². The number of urea groups is 1. The van der Waals surface area contributed by atoms with Gasteiger partial charge < -0.3 is 26.2 Å². The molecule has 0 aromatic heterocycles. The second-order valence-corrected chi connectivity index (χ2v) is 17.6. The molecule has 14 heteroatoms. The normalized spacial score (nSPS) is 22.4. The molecular weight excluding hydrogens is 624 g/mol. The predicted molar refractivity (Wildman–Crippen MR) is 182 cm³/mol. The van der Waals surface area contributed by atoms with Crippen LogP contribution >= 0.6 is 0 Å². The Labute approximate surface area is 281 Å². The van der Waals surface area contributed by atoms with Crippen molar-refractivity contribution in [1.82, 2.24) is 30.5 Å². The lowest BCUT2D eigenvalue weighted by molar-refractivity contribution is -0.145. The summed E-state index contributed by atoms with van der Waals surface area (Å²) in [4.78, 5) is 68.6. The van der Waals surface area contributed by atoms with Crippen molar-refractivity contribution in [3.63, 3.8) is 0 Å². The number of carbonyl (C=O) groups is 5.